The molecule has 1 aliphatic rings. The molecule has 0 radical (unpaired) electrons. The van der Waals surface area contributed by atoms with E-state index in [0.29, 0.717) is 17.0 Å². The zero-order valence-corrected chi connectivity index (χ0v) is 12.2. The minimum atomic E-state index is -3.70. The first-order valence-electron chi connectivity index (χ1n) is 6.24. The number of ketones is 1. The summed E-state index contributed by atoms with van der Waals surface area (Å²) in [5, 5.41) is 12.0. The maximum Gasteiger partial charge on any atom is 0.214 e. The standard InChI is InChI=1S/C12H19N3O3S/c1-7-10(11(16)8-4-5-8)9(15-14-7)6-12(2,3)19(13,17)18/h8H,4-6H2,1-3H3,(H,14,15)(H2,13,17,18). The Morgan fingerprint density at radius 2 is 2.05 bits per heavy atom. The van der Waals surface area contributed by atoms with Gasteiger partial charge in [0.05, 0.1) is 16.0 Å². The summed E-state index contributed by atoms with van der Waals surface area (Å²) in [5.74, 6) is 0.138. The van der Waals surface area contributed by atoms with Gasteiger partial charge < -0.3 is 0 Å². The van der Waals surface area contributed by atoms with Crippen molar-refractivity contribution in [1.29, 1.82) is 0 Å². The molecule has 1 aromatic heterocycles. The highest BCUT2D eigenvalue weighted by Crippen LogP contribution is 2.35. The summed E-state index contributed by atoms with van der Waals surface area (Å²) in [5.41, 5.74) is 1.73. The molecule has 0 atom stereocenters. The number of aryl methyl sites for hydroxylation is 1. The Labute approximate surface area is 112 Å². The van der Waals surface area contributed by atoms with Crippen LogP contribution in [0.5, 0.6) is 0 Å². The van der Waals surface area contributed by atoms with Crippen molar-refractivity contribution in [2.75, 3.05) is 0 Å². The van der Waals surface area contributed by atoms with Crippen LogP contribution in [0.25, 0.3) is 0 Å². The van der Waals surface area contributed by atoms with Gasteiger partial charge in [-0.1, -0.05) is 0 Å². The monoisotopic (exact) mass is 285 g/mol. The maximum atomic E-state index is 12.2. The molecule has 19 heavy (non-hydrogen) atoms. The number of hydrogen-bond acceptors (Lipinski definition) is 4. The van der Waals surface area contributed by atoms with E-state index in [0.717, 1.165) is 12.8 Å². The number of nitrogens with one attached hydrogen (secondary N) is 1. The summed E-state index contributed by atoms with van der Waals surface area (Å²) < 4.78 is 22.0. The molecule has 0 aromatic carbocycles. The third-order valence-corrected chi connectivity index (χ3v) is 5.27. The van der Waals surface area contributed by atoms with E-state index in [-0.39, 0.29) is 18.1 Å². The van der Waals surface area contributed by atoms with Gasteiger partial charge in [0.2, 0.25) is 10.0 Å². The molecule has 0 saturated heterocycles. The molecule has 0 spiro atoms. The number of aromatic nitrogens is 2. The lowest BCUT2D eigenvalue weighted by molar-refractivity contribution is 0.0966. The Kier molecular flexibility index (Phi) is 3.30. The highest BCUT2D eigenvalue weighted by molar-refractivity contribution is 7.90. The molecule has 1 heterocycles. The highest BCUT2D eigenvalue weighted by Gasteiger charge is 2.37. The molecule has 0 bridgehead atoms. The molecule has 6 nitrogen and oxygen atoms in total. The fourth-order valence-corrected chi connectivity index (χ4v) is 2.36. The predicted molar refractivity (Wildman–Crippen MR) is 71.3 cm³/mol. The number of nitrogens with zero attached hydrogens (tertiary/aromatic N) is 1. The van der Waals surface area contributed by atoms with E-state index in [1.807, 2.05) is 0 Å². The number of nitrogens with two attached hydrogens (primary N) is 1. The van der Waals surface area contributed by atoms with Gasteiger partial charge in [0.25, 0.3) is 0 Å². The molecule has 106 valence electrons. The van der Waals surface area contributed by atoms with E-state index in [2.05, 4.69) is 10.2 Å². The van der Waals surface area contributed by atoms with E-state index in [4.69, 9.17) is 5.14 Å². The zero-order chi connectivity index (χ0) is 14.4. The Morgan fingerprint density at radius 3 is 2.53 bits per heavy atom. The summed E-state index contributed by atoms with van der Waals surface area (Å²) in [4.78, 5) is 12.2. The first kappa shape index (κ1) is 14.2. The van der Waals surface area contributed by atoms with Gasteiger partial charge in [-0.15, -0.1) is 0 Å². The van der Waals surface area contributed by atoms with Gasteiger partial charge >= 0.3 is 0 Å². The number of Topliss-reactive ketones (excluding diaryl/α,β-unsaturated/α-hetero) is 1. The van der Waals surface area contributed by atoms with Crippen LogP contribution in [-0.2, 0) is 16.4 Å². The summed E-state index contributed by atoms with van der Waals surface area (Å²) in [6, 6.07) is 0. The first-order valence-corrected chi connectivity index (χ1v) is 7.78. The van der Waals surface area contributed by atoms with Crippen LogP contribution in [0.3, 0.4) is 0 Å². The van der Waals surface area contributed by atoms with Crippen molar-refractivity contribution in [3.05, 3.63) is 17.0 Å². The third-order valence-electron chi connectivity index (χ3n) is 3.59. The van der Waals surface area contributed by atoms with Crippen LogP contribution < -0.4 is 5.14 Å². The molecular weight excluding hydrogens is 266 g/mol. The van der Waals surface area contributed by atoms with E-state index in [1.165, 1.54) is 0 Å². The molecule has 0 aliphatic heterocycles. The summed E-state index contributed by atoms with van der Waals surface area (Å²) >= 11 is 0. The Morgan fingerprint density at radius 1 is 1.47 bits per heavy atom. The number of primary sulfonamides is 1. The van der Waals surface area contributed by atoms with Crippen molar-refractivity contribution in [3.63, 3.8) is 0 Å². The molecule has 0 amide bonds. The number of sulfonamides is 1. The molecular formula is C12H19N3O3S. The molecule has 1 aliphatic carbocycles. The summed E-state index contributed by atoms with van der Waals surface area (Å²) in [6.45, 7) is 4.84. The van der Waals surface area contributed by atoms with Gasteiger partial charge in [0, 0.05) is 18.0 Å². The topological polar surface area (TPSA) is 106 Å². The van der Waals surface area contributed by atoms with E-state index >= 15 is 0 Å². The van der Waals surface area contributed by atoms with Crippen molar-refractivity contribution in [1.82, 2.24) is 10.2 Å². The van der Waals surface area contributed by atoms with E-state index < -0.39 is 14.8 Å². The fourth-order valence-electron chi connectivity index (χ4n) is 2.01. The summed E-state index contributed by atoms with van der Waals surface area (Å²) in [7, 11) is -3.70. The lowest BCUT2D eigenvalue weighted by atomic mass is 9.98. The van der Waals surface area contributed by atoms with Crippen molar-refractivity contribution in [3.8, 4) is 0 Å². The van der Waals surface area contributed by atoms with E-state index in [9.17, 15) is 13.2 Å². The number of carbonyl (C=O) groups excluding carboxylic acids is 1. The number of hydrogen-bond donors (Lipinski definition) is 2. The van der Waals surface area contributed by atoms with Crippen molar-refractivity contribution < 1.29 is 13.2 Å². The van der Waals surface area contributed by atoms with Gasteiger partial charge in [0.15, 0.2) is 5.78 Å². The molecule has 1 aromatic rings. The van der Waals surface area contributed by atoms with Crippen molar-refractivity contribution >= 4 is 15.8 Å². The maximum absolute atomic E-state index is 12.2. The van der Waals surface area contributed by atoms with Crippen LogP contribution in [0.4, 0.5) is 0 Å². The lowest BCUT2D eigenvalue weighted by Crippen LogP contribution is -2.40. The Balaban J connectivity index is 2.34. The number of carbonyl (C=O) groups is 1. The predicted octanol–water partition coefficient (Wildman–Crippen LogP) is 0.920. The number of H-pyrrole nitrogens is 1. The second kappa shape index (κ2) is 4.42. The molecule has 1 fully saturated rings. The van der Waals surface area contributed by atoms with Gasteiger partial charge in [-0.25, -0.2) is 13.6 Å². The van der Waals surface area contributed by atoms with Crippen molar-refractivity contribution in [2.24, 2.45) is 11.1 Å². The average molecular weight is 285 g/mol. The van der Waals surface area contributed by atoms with Gasteiger partial charge in [-0.2, -0.15) is 5.10 Å². The van der Waals surface area contributed by atoms with Crippen LogP contribution in [0.1, 0.15) is 48.4 Å². The highest BCUT2D eigenvalue weighted by atomic mass is 32.2. The van der Waals surface area contributed by atoms with Gasteiger partial charge in [-0.05, 0) is 33.6 Å². The number of rotatable bonds is 5. The van der Waals surface area contributed by atoms with Crippen LogP contribution in [-0.4, -0.2) is 29.1 Å². The van der Waals surface area contributed by atoms with Crippen LogP contribution in [0, 0.1) is 12.8 Å². The smallest absolute Gasteiger partial charge is 0.214 e. The van der Waals surface area contributed by atoms with Gasteiger partial charge in [0.1, 0.15) is 0 Å². The zero-order valence-electron chi connectivity index (χ0n) is 11.4. The average Bonchev–Trinajstić information content (AvgIpc) is 3.02. The van der Waals surface area contributed by atoms with Gasteiger partial charge in [-0.3, -0.25) is 9.89 Å². The van der Waals surface area contributed by atoms with E-state index in [1.54, 1.807) is 20.8 Å². The molecule has 0 unspecified atom stereocenters. The lowest BCUT2D eigenvalue weighted by Gasteiger charge is -2.21. The minimum absolute atomic E-state index is 0.0615. The first-order chi connectivity index (χ1) is 8.63. The van der Waals surface area contributed by atoms with Crippen molar-refractivity contribution in [2.45, 2.75) is 44.8 Å². The third kappa shape index (κ3) is 2.71. The normalized spacial score (nSPS) is 16.6. The molecule has 1 saturated carbocycles. The SMILES string of the molecule is Cc1n[nH]c(CC(C)(C)S(N)(=O)=O)c1C(=O)C1CC1. The molecule has 7 heteroatoms. The largest absolute Gasteiger partial charge is 0.294 e. The Hall–Kier alpha value is -1.21. The second-order valence-corrected chi connectivity index (χ2v) is 7.98. The minimum Gasteiger partial charge on any atom is -0.294 e. The molecule has 2 rings (SSSR count). The molecule has 3 N–H and O–H groups in total. The summed E-state index contributed by atoms with van der Waals surface area (Å²) in [6.07, 6.45) is 1.96. The second-order valence-electron chi connectivity index (χ2n) is 5.78. The van der Waals surface area contributed by atoms with Crippen LogP contribution in [0.2, 0.25) is 0 Å². The van der Waals surface area contributed by atoms with Crippen LogP contribution >= 0.6 is 0 Å². The van der Waals surface area contributed by atoms with Crippen LogP contribution in [0.15, 0.2) is 0 Å². The fraction of sp³-hybridized carbons (Fsp3) is 0.667. The Bertz CT molecular complexity index is 612. The quantitative estimate of drug-likeness (QED) is 0.784. The number of aromatic amines is 1.